The van der Waals surface area contributed by atoms with Crippen molar-refractivity contribution >= 4 is 34.5 Å². The quantitative estimate of drug-likeness (QED) is 0.534. The van der Waals surface area contributed by atoms with Crippen LogP contribution in [0, 0.1) is 0 Å². The van der Waals surface area contributed by atoms with E-state index in [1.807, 2.05) is 12.1 Å². The van der Waals surface area contributed by atoms with E-state index in [0.717, 1.165) is 4.90 Å². The van der Waals surface area contributed by atoms with Crippen molar-refractivity contribution in [3.05, 3.63) is 41.4 Å². The maximum atomic E-state index is 13.2. The number of halogens is 4. The Bertz CT molecular complexity index is 863. The topological polar surface area (TPSA) is 53.6 Å². The lowest BCUT2D eigenvalue weighted by Gasteiger charge is -2.11. The van der Waals surface area contributed by atoms with Gasteiger partial charge in [-0.2, -0.15) is 13.2 Å². The Morgan fingerprint density at radius 1 is 1.30 bits per heavy atom. The summed E-state index contributed by atoms with van der Waals surface area (Å²) in [6.07, 6.45) is -2.37. The number of aromatic nitrogens is 3. The summed E-state index contributed by atoms with van der Waals surface area (Å²) in [6.45, 7) is 0. The molecule has 0 aliphatic heterocycles. The van der Waals surface area contributed by atoms with Crippen LogP contribution in [0.2, 0.25) is 5.28 Å². The SMILES string of the molecule is CNSc1ccc2c(-c3nc(Cl)ncc3C(F)(F)F)c[nH]c2c1. The van der Waals surface area contributed by atoms with Gasteiger partial charge < -0.3 is 4.98 Å². The lowest BCUT2D eigenvalue weighted by molar-refractivity contribution is -0.137. The summed E-state index contributed by atoms with van der Waals surface area (Å²) in [5, 5.41) is 0.399. The molecule has 0 aliphatic carbocycles. The van der Waals surface area contributed by atoms with Gasteiger partial charge in [0, 0.05) is 33.8 Å². The number of rotatable bonds is 3. The van der Waals surface area contributed by atoms with E-state index in [0.29, 0.717) is 22.7 Å². The average molecular weight is 359 g/mol. The molecule has 2 N–H and O–H groups in total. The van der Waals surface area contributed by atoms with Crippen molar-refractivity contribution in [2.75, 3.05) is 7.05 Å². The van der Waals surface area contributed by atoms with Gasteiger partial charge in [0.25, 0.3) is 0 Å². The highest BCUT2D eigenvalue weighted by molar-refractivity contribution is 7.97. The molecule has 0 fully saturated rings. The van der Waals surface area contributed by atoms with Gasteiger partial charge in [0.15, 0.2) is 0 Å². The molecule has 23 heavy (non-hydrogen) atoms. The second kappa shape index (κ2) is 6.03. The Labute approximate surface area is 138 Å². The van der Waals surface area contributed by atoms with E-state index < -0.39 is 11.7 Å². The maximum Gasteiger partial charge on any atom is 0.419 e. The summed E-state index contributed by atoms with van der Waals surface area (Å²) >= 11 is 7.10. The lowest BCUT2D eigenvalue weighted by Crippen LogP contribution is -2.09. The summed E-state index contributed by atoms with van der Waals surface area (Å²) in [5.41, 5.74) is -0.116. The van der Waals surface area contributed by atoms with Gasteiger partial charge in [-0.05, 0) is 42.7 Å². The van der Waals surface area contributed by atoms with Crippen molar-refractivity contribution in [2.45, 2.75) is 11.1 Å². The molecule has 2 aromatic heterocycles. The summed E-state index contributed by atoms with van der Waals surface area (Å²) in [6, 6.07) is 5.41. The van der Waals surface area contributed by atoms with Gasteiger partial charge in [0.2, 0.25) is 5.28 Å². The van der Waals surface area contributed by atoms with Crippen molar-refractivity contribution in [1.29, 1.82) is 0 Å². The third-order valence-electron chi connectivity index (χ3n) is 3.19. The summed E-state index contributed by atoms with van der Waals surface area (Å²) < 4.78 is 42.5. The van der Waals surface area contributed by atoms with E-state index in [9.17, 15) is 13.2 Å². The Morgan fingerprint density at radius 2 is 2.09 bits per heavy atom. The van der Waals surface area contributed by atoms with Gasteiger partial charge in [-0.1, -0.05) is 6.07 Å². The smallest absolute Gasteiger partial charge is 0.360 e. The monoisotopic (exact) mass is 358 g/mol. The van der Waals surface area contributed by atoms with E-state index in [1.54, 1.807) is 13.1 Å². The standard InChI is InChI=1S/C14H10ClF3N4S/c1-19-23-7-2-3-8-9(5-20-11(8)4-7)12-10(14(16,17)18)6-21-13(15)22-12/h2-6,19-20H,1H3. The Kier molecular flexibility index (Phi) is 4.22. The fourth-order valence-electron chi connectivity index (χ4n) is 2.26. The first-order chi connectivity index (χ1) is 10.9. The first kappa shape index (κ1) is 16.1. The molecule has 0 radical (unpaired) electrons. The number of hydrogen-bond donors (Lipinski definition) is 2. The molecular formula is C14H10ClF3N4S. The average Bonchev–Trinajstić information content (AvgIpc) is 2.89. The van der Waals surface area contributed by atoms with Crippen molar-refractivity contribution in [1.82, 2.24) is 19.7 Å². The van der Waals surface area contributed by atoms with Gasteiger partial charge >= 0.3 is 6.18 Å². The minimum Gasteiger partial charge on any atom is -0.360 e. The summed E-state index contributed by atoms with van der Waals surface area (Å²) in [7, 11) is 1.79. The predicted molar refractivity (Wildman–Crippen MR) is 84.3 cm³/mol. The van der Waals surface area contributed by atoms with E-state index in [-0.39, 0.29) is 11.0 Å². The molecule has 120 valence electrons. The zero-order chi connectivity index (χ0) is 16.6. The highest BCUT2D eigenvalue weighted by Gasteiger charge is 2.36. The summed E-state index contributed by atoms with van der Waals surface area (Å²) in [4.78, 5) is 11.1. The normalized spacial score (nSPS) is 12.0. The molecule has 9 heteroatoms. The van der Waals surface area contributed by atoms with E-state index in [4.69, 9.17) is 11.6 Å². The number of H-pyrrole nitrogens is 1. The molecule has 2 heterocycles. The predicted octanol–water partition coefficient (Wildman–Crippen LogP) is 4.52. The molecule has 0 aliphatic rings. The zero-order valence-corrected chi connectivity index (χ0v) is 13.3. The Hall–Kier alpha value is -1.77. The molecule has 0 unspecified atom stereocenters. The minimum absolute atomic E-state index is 0.232. The first-order valence-electron chi connectivity index (χ1n) is 6.45. The number of benzene rings is 1. The molecule has 1 aromatic carbocycles. The van der Waals surface area contributed by atoms with Crippen LogP contribution in [0.4, 0.5) is 13.2 Å². The second-order valence-electron chi connectivity index (χ2n) is 4.62. The molecular weight excluding hydrogens is 349 g/mol. The molecule has 4 nitrogen and oxygen atoms in total. The molecule has 0 spiro atoms. The van der Waals surface area contributed by atoms with Crippen molar-refractivity contribution in [2.24, 2.45) is 0 Å². The number of nitrogens with zero attached hydrogens (tertiary/aromatic N) is 2. The van der Waals surface area contributed by atoms with Crippen molar-refractivity contribution in [3.8, 4) is 11.3 Å². The van der Waals surface area contributed by atoms with Crippen LogP contribution in [0.25, 0.3) is 22.2 Å². The van der Waals surface area contributed by atoms with E-state index in [2.05, 4.69) is 19.7 Å². The molecule has 3 rings (SSSR count). The van der Waals surface area contributed by atoms with Gasteiger partial charge in [-0.3, -0.25) is 4.72 Å². The van der Waals surface area contributed by atoms with Crippen LogP contribution in [0.5, 0.6) is 0 Å². The molecule has 0 saturated heterocycles. The van der Waals surface area contributed by atoms with Gasteiger partial charge in [0.1, 0.15) is 5.56 Å². The van der Waals surface area contributed by atoms with E-state index in [1.165, 1.54) is 18.1 Å². The lowest BCUT2D eigenvalue weighted by atomic mass is 10.1. The third kappa shape index (κ3) is 3.15. The number of hydrogen-bond acceptors (Lipinski definition) is 4. The molecule has 0 amide bonds. The number of nitrogens with one attached hydrogen (secondary N) is 2. The maximum absolute atomic E-state index is 13.2. The van der Waals surface area contributed by atoms with Crippen molar-refractivity contribution in [3.63, 3.8) is 0 Å². The second-order valence-corrected chi connectivity index (χ2v) is 6.04. The van der Waals surface area contributed by atoms with Crippen LogP contribution in [-0.2, 0) is 6.18 Å². The highest BCUT2D eigenvalue weighted by Crippen LogP contribution is 2.39. The zero-order valence-electron chi connectivity index (χ0n) is 11.7. The van der Waals surface area contributed by atoms with E-state index >= 15 is 0 Å². The van der Waals surface area contributed by atoms with Gasteiger partial charge in [-0.25, -0.2) is 9.97 Å². The van der Waals surface area contributed by atoms with Crippen LogP contribution in [0.3, 0.4) is 0 Å². The van der Waals surface area contributed by atoms with Crippen LogP contribution in [-0.4, -0.2) is 22.0 Å². The van der Waals surface area contributed by atoms with Crippen LogP contribution in [0.1, 0.15) is 5.56 Å². The van der Waals surface area contributed by atoms with Crippen LogP contribution >= 0.6 is 23.5 Å². The molecule has 3 aromatic rings. The Morgan fingerprint density at radius 3 is 2.78 bits per heavy atom. The Balaban J connectivity index is 2.19. The van der Waals surface area contributed by atoms with Crippen LogP contribution < -0.4 is 4.72 Å². The fourth-order valence-corrected chi connectivity index (χ4v) is 2.94. The third-order valence-corrected chi connectivity index (χ3v) is 4.07. The number of fused-ring (bicyclic) bond motifs is 1. The van der Waals surface area contributed by atoms with Gasteiger partial charge in [0.05, 0.1) is 5.69 Å². The van der Waals surface area contributed by atoms with Gasteiger partial charge in [-0.15, -0.1) is 0 Å². The first-order valence-corrected chi connectivity index (χ1v) is 7.64. The fraction of sp³-hybridized carbons (Fsp3) is 0.143. The minimum atomic E-state index is -4.56. The molecule has 0 atom stereocenters. The highest BCUT2D eigenvalue weighted by atomic mass is 35.5. The summed E-state index contributed by atoms with van der Waals surface area (Å²) in [5.74, 6) is 0. The van der Waals surface area contributed by atoms with Crippen molar-refractivity contribution < 1.29 is 13.2 Å². The molecule has 0 bridgehead atoms. The molecule has 0 saturated carbocycles. The largest absolute Gasteiger partial charge is 0.419 e. The number of alkyl halides is 3. The van der Waals surface area contributed by atoms with Crippen LogP contribution in [0.15, 0.2) is 35.5 Å². The number of aromatic amines is 1.